The highest BCUT2D eigenvalue weighted by molar-refractivity contribution is 6.31. The molecule has 1 aliphatic rings. The summed E-state index contributed by atoms with van der Waals surface area (Å²) in [7, 11) is 0. The Balaban J connectivity index is 1.61. The lowest BCUT2D eigenvalue weighted by Crippen LogP contribution is -2.38. The highest BCUT2D eigenvalue weighted by Gasteiger charge is 2.20. The largest absolute Gasteiger partial charge is 0.422 e. The van der Waals surface area contributed by atoms with Gasteiger partial charge < -0.3 is 9.73 Å². The Morgan fingerprint density at radius 1 is 1.07 bits per heavy atom. The van der Waals surface area contributed by atoms with E-state index < -0.39 is 5.63 Å². The molecule has 0 saturated heterocycles. The lowest BCUT2D eigenvalue weighted by Gasteiger charge is -2.22. The lowest BCUT2D eigenvalue weighted by molar-refractivity contribution is 0.0924. The normalized spacial score (nSPS) is 14.9. The maximum absolute atomic E-state index is 12.6. The van der Waals surface area contributed by atoms with Crippen molar-refractivity contribution in [2.45, 2.75) is 44.6 Å². The van der Waals surface area contributed by atoms with Crippen molar-refractivity contribution in [1.82, 2.24) is 5.32 Å². The van der Waals surface area contributed by atoms with Gasteiger partial charge in [-0.1, -0.05) is 55.1 Å². The van der Waals surface area contributed by atoms with E-state index in [1.807, 2.05) is 36.4 Å². The Bertz CT molecular complexity index is 1070. The summed E-state index contributed by atoms with van der Waals surface area (Å²) in [6, 6.07) is 15.1. The molecule has 28 heavy (non-hydrogen) atoms. The summed E-state index contributed by atoms with van der Waals surface area (Å²) < 4.78 is 5.39. The van der Waals surface area contributed by atoms with Gasteiger partial charge in [0.25, 0.3) is 5.91 Å². The van der Waals surface area contributed by atoms with Crippen LogP contribution in [-0.2, 0) is 6.42 Å². The minimum atomic E-state index is -0.598. The zero-order valence-corrected chi connectivity index (χ0v) is 16.3. The van der Waals surface area contributed by atoms with Crippen molar-refractivity contribution in [2.24, 2.45) is 0 Å². The van der Waals surface area contributed by atoms with Crippen LogP contribution in [0.2, 0.25) is 5.02 Å². The Kier molecular flexibility index (Phi) is 5.49. The predicted octanol–water partition coefficient (Wildman–Crippen LogP) is 5.10. The van der Waals surface area contributed by atoms with E-state index in [0.717, 1.165) is 47.2 Å². The molecule has 1 aliphatic carbocycles. The third-order valence-electron chi connectivity index (χ3n) is 5.33. The third-order valence-corrected chi connectivity index (χ3v) is 5.70. The highest BCUT2D eigenvalue weighted by atomic mass is 35.5. The second-order valence-corrected chi connectivity index (χ2v) is 7.80. The summed E-state index contributed by atoms with van der Waals surface area (Å²) in [6.45, 7) is 0. The van der Waals surface area contributed by atoms with E-state index in [1.165, 1.54) is 6.42 Å². The van der Waals surface area contributed by atoms with Crippen molar-refractivity contribution in [2.75, 3.05) is 0 Å². The minimum Gasteiger partial charge on any atom is -0.422 e. The number of hydrogen-bond acceptors (Lipinski definition) is 3. The van der Waals surface area contributed by atoms with Gasteiger partial charge in [-0.15, -0.1) is 0 Å². The molecule has 0 aliphatic heterocycles. The quantitative estimate of drug-likeness (QED) is 0.625. The molecule has 1 heterocycles. The summed E-state index contributed by atoms with van der Waals surface area (Å²) in [5.41, 5.74) is 2.00. The molecule has 1 amide bonds. The SMILES string of the molecule is O=C(NC1CCCCC1)c1cc2cc(Cc3ccccc3Cl)ccc2oc1=O. The lowest BCUT2D eigenvalue weighted by atomic mass is 9.95. The van der Waals surface area contributed by atoms with Crippen LogP contribution in [0.3, 0.4) is 0 Å². The van der Waals surface area contributed by atoms with Gasteiger partial charge in [0, 0.05) is 16.5 Å². The molecule has 1 N–H and O–H groups in total. The van der Waals surface area contributed by atoms with Gasteiger partial charge in [-0.05, 0) is 54.7 Å². The van der Waals surface area contributed by atoms with Gasteiger partial charge in [-0.3, -0.25) is 4.79 Å². The number of benzene rings is 2. The monoisotopic (exact) mass is 395 g/mol. The van der Waals surface area contributed by atoms with E-state index in [-0.39, 0.29) is 17.5 Å². The second-order valence-electron chi connectivity index (χ2n) is 7.40. The zero-order valence-electron chi connectivity index (χ0n) is 15.5. The number of hydrogen-bond donors (Lipinski definition) is 1. The molecule has 1 fully saturated rings. The molecule has 4 nitrogen and oxygen atoms in total. The van der Waals surface area contributed by atoms with Crippen LogP contribution >= 0.6 is 11.6 Å². The highest BCUT2D eigenvalue weighted by Crippen LogP contribution is 2.22. The first-order valence-electron chi connectivity index (χ1n) is 9.71. The van der Waals surface area contributed by atoms with Crippen molar-refractivity contribution in [3.05, 3.63) is 80.7 Å². The van der Waals surface area contributed by atoms with Gasteiger partial charge in [0.05, 0.1) is 0 Å². The van der Waals surface area contributed by atoms with Crippen molar-refractivity contribution in [3.8, 4) is 0 Å². The molecule has 2 aromatic carbocycles. The first-order chi connectivity index (χ1) is 13.6. The molecule has 1 aromatic heterocycles. The zero-order chi connectivity index (χ0) is 19.5. The van der Waals surface area contributed by atoms with Crippen LogP contribution in [0.15, 0.2) is 57.7 Å². The van der Waals surface area contributed by atoms with E-state index >= 15 is 0 Å². The number of amides is 1. The summed E-state index contributed by atoms with van der Waals surface area (Å²) >= 11 is 6.26. The fourth-order valence-corrected chi connectivity index (χ4v) is 4.02. The molecule has 4 rings (SSSR count). The second kappa shape index (κ2) is 8.19. The van der Waals surface area contributed by atoms with E-state index in [4.69, 9.17) is 16.0 Å². The Hall–Kier alpha value is -2.59. The summed E-state index contributed by atoms with van der Waals surface area (Å²) in [6.07, 6.45) is 6.03. The number of carbonyl (C=O) groups excluding carboxylic acids is 1. The van der Waals surface area contributed by atoms with E-state index in [0.29, 0.717) is 12.0 Å². The van der Waals surface area contributed by atoms with Crippen molar-refractivity contribution < 1.29 is 9.21 Å². The molecular weight excluding hydrogens is 374 g/mol. The molecule has 0 spiro atoms. The van der Waals surface area contributed by atoms with Gasteiger partial charge in [0.2, 0.25) is 0 Å². The van der Waals surface area contributed by atoms with Crippen LogP contribution in [-0.4, -0.2) is 11.9 Å². The number of fused-ring (bicyclic) bond motifs is 1. The maximum atomic E-state index is 12.6. The van der Waals surface area contributed by atoms with E-state index in [2.05, 4.69) is 5.32 Å². The fourth-order valence-electron chi connectivity index (χ4n) is 3.81. The van der Waals surface area contributed by atoms with E-state index in [1.54, 1.807) is 12.1 Å². The smallest absolute Gasteiger partial charge is 0.349 e. The standard InChI is InChI=1S/C23H22ClNO3/c24-20-9-5-4-6-16(20)12-15-10-11-21-17(13-15)14-19(23(27)28-21)22(26)25-18-7-2-1-3-8-18/h4-6,9-11,13-14,18H,1-3,7-8,12H2,(H,25,26). The van der Waals surface area contributed by atoms with E-state index in [9.17, 15) is 9.59 Å². The molecule has 0 radical (unpaired) electrons. The molecule has 1 saturated carbocycles. The third kappa shape index (κ3) is 4.12. The Morgan fingerprint density at radius 3 is 2.64 bits per heavy atom. The summed E-state index contributed by atoms with van der Waals surface area (Å²) in [4.78, 5) is 24.9. The average molecular weight is 396 g/mol. The number of carbonyl (C=O) groups is 1. The van der Waals surface area contributed by atoms with Crippen LogP contribution in [0.4, 0.5) is 0 Å². The van der Waals surface area contributed by atoms with Crippen LogP contribution in [0.5, 0.6) is 0 Å². The number of rotatable bonds is 4. The Morgan fingerprint density at radius 2 is 1.86 bits per heavy atom. The molecule has 144 valence electrons. The molecule has 0 unspecified atom stereocenters. The van der Waals surface area contributed by atoms with Crippen molar-refractivity contribution in [1.29, 1.82) is 0 Å². The maximum Gasteiger partial charge on any atom is 0.349 e. The first-order valence-corrected chi connectivity index (χ1v) is 10.1. The van der Waals surface area contributed by atoms with Gasteiger partial charge in [-0.2, -0.15) is 0 Å². The molecule has 3 aromatic rings. The van der Waals surface area contributed by atoms with Crippen molar-refractivity contribution in [3.63, 3.8) is 0 Å². The van der Waals surface area contributed by atoms with Crippen LogP contribution in [0.1, 0.15) is 53.6 Å². The predicted molar refractivity (Wildman–Crippen MR) is 111 cm³/mol. The van der Waals surface area contributed by atoms with Crippen LogP contribution < -0.4 is 10.9 Å². The van der Waals surface area contributed by atoms with Gasteiger partial charge >= 0.3 is 5.63 Å². The molecule has 0 atom stereocenters. The fraction of sp³-hybridized carbons (Fsp3) is 0.304. The topological polar surface area (TPSA) is 59.3 Å². The number of nitrogens with one attached hydrogen (secondary N) is 1. The molecule has 0 bridgehead atoms. The van der Waals surface area contributed by atoms with Crippen LogP contribution in [0.25, 0.3) is 11.0 Å². The molecular formula is C23H22ClNO3. The summed E-state index contributed by atoms with van der Waals surface area (Å²) in [5.74, 6) is -0.348. The van der Waals surface area contributed by atoms with Crippen molar-refractivity contribution >= 4 is 28.5 Å². The average Bonchev–Trinajstić information content (AvgIpc) is 2.70. The van der Waals surface area contributed by atoms with Gasteiger partial charge in [-0.25, -0.2) is 4.79 Å². The Labute approximate surface area is 168 Å². The van der Waals surface area contributed by atoms with Gasteiger partial charge in [0.15, 0.2) is 0 Å². The number of halogens is 1. The summed E-state index contributed by atoms with van der Waals surface area (Å²) in [5, 5.41) is 4.44. The molecule has 5 heteroatoms. The first kappa shape index (κ1) is 18.8. The minimum absolute atomic E-state index is 0.0629. The van der Waals surface area contributed by atoms with Crippen LogP contribution in [0, 0.1) is 0 Å². The van der Waals surface area contributed by atoms with Gasteiger partial charge in [0.1, 0.15) is 11.1 Å².